The maximum atomic E-state index is 12.2. The Morgan fingerprint density at radius 3 is 2.59 bits per heavy atom. The van der Waals surface area contributed by atoms with Crippen molar-refractivity contribution >= 4 is 5.91 Å². The molecule has 0 radical (unpaired) electrons. The van der Waals surface area contributed by atoms with Gasteiger partial charge in [-0.05, 0) is 68.8 Å². The molecule has 3 rings (SSSR count). The molecule has 1 atom stereocenters. The van der Waals surface area contributed by atoms with Gasteiger partial charge in [-0.3, -0.25) is 9.69 Å². The van der Waals surface area contributed by atoms with Crippen LogP contribution in [-0.4, -0.2) is 44.2 Å². The second-order valence-electron chi connectivity index (χ2n) is 6.71. The van der Waals surface area contributed by atoms with Crippen molar-refractivity contribution in [3.8, 4) is 11.5 Å². The lowest BCUT2D eigenvalue weighted by Crippen LogP contribution is -2.36. The van der Waals surface area contributed by atoms with Crippen molar-refractivity contribution in [3.05, 3.63) is 48.4 Å². The van der Waals surface area contributed by atoms with Crippen LogP contribution in [0.15, 0.2) is 47.1 Å². The van der Waals surface area contributed by atoms with Crippen LogP contribution in [0.3, 0.4) is 0 Å². The Morgan fingerprint density at radius 1 is 1.19 bits per heavy atom. The van der Waals surface area contributed by atoms with Gasteiger partial charge in [0.2, 0.25) is 5.91 Å². The van der Waals surface area contributed by atoms with E-state index in [9.17, 15) is 4.79 Å². The first-order valence-corrected chi connectivity index (χ1v) is 9.57. The molecule has 1 unspecified atom stereocenters. The average molecular weight is 372 g/mol. The lowest BCUT2D eigenvalue weighted by atomic mass is 10.2. The van der Waals surface area contributed by atoms with E-state index in [2.05, 4.69) is 10.2 Å². The fraction of sp³-hybridized carbons (Fsp3) is 0.476. The van der Waals surface area contributed by atoms with Crippen molar-refractivity contribution in [2.75, 3.05) is 33.4 Å². The topological polar surface area (TPSA) is 63.9 Å². The highest BCUT2D eigenvalue weighted by molar-refractivity contribution is 5.75. The number of methoxy groups -OCH3 is 1. The third-order valence-electron chi connectivity index (χ3n) is 4.82. The van der Waals surface area contributed by atoms with E-state index in [0.717, 1.165) is 30.3 Å². The van der Waals surface area contributed by atoms with Crippen LogP contribution < -0.4 is 14.8 Å². The maximum absolute atomic E-state index is 12.2. The molecule has 146 valence electrons. The van der Waals surface area contributed by atoms with E-state index in [1.807, 2.05) is 36.4 Å². The Hall–Kier alpha value is -2.47. The Balaban J connectivity index is 1.37. The van der Waals surface area contributed by atoms with Gasteiger partial charge in [-0.1, -0.05) is 0 Å². The summed E-state index contributed by atoms with van der Waals surface area (Å²) < 4.78 is 16.4. The number of amides is 1. The molecule has 1 fully saturated rings. The van der Waals surface area contributed by atoms with Crippen LogP contribution in [0.2, 0.25) is 0 Å². The number of furan rings is 1. The van der Waals surface area contributed by atoms with E-state index in [0.29, 0.717) is 26.0 Å². The lowest BCUT2D eigenvalue weighted by Gasteiger charge is -2.26. The quantitative estimate of drug-likeness (QED) is 0.648. The number of carbonyl (C=O) groups is 1. The molecular weight excluding hydrogens is 344 g/mol. The predicted octanol–water partition coefficient (Wildman–Crippen LogP) is 3.40. The molecule has 0 aliphatic carbocycles. The standard InChI is InChI=1S/C21H28N2O4/c1-25-17-8-10-18(11-9-17)26-14-5-7-21(24)22-16-19(20-6-4-15-27-20)23-12-2-3-13-23/h4,6,8-11,15,19H,2-3,5,7,12-14,16H2,1H3,(H,22,24). The number of ether oxygens (including phenoxy) is 2. The fourth-order valence-electron chi connectivity index (χ4n) is 3.34. The summed E-state index contributed by atoms with van der Waals surface area (Å²) in [4.78, 5) is 14.6. The SMILES string of the molecule is COc1ccc(OCCCC(=O)NCC(c2ccco2)N2CCCC2)cc1. The van der Waals surface area contributed by atoms with Gasteiger partial charge in [0, 0.05) is 13.0 Å². The molecule has 1 N–H and O–H groups in total. The van der Waals surface area contributed by atoms with Gasteiger partial charge in [-0.2, -0.15) is 0 Å². The van der Waals surface area contributed by atoms with Gasteiger partial charge >= 0.3 is 0 Å². The first-order valence-electron chi connectivity index (χ1n) is 9.57. The molecule has 1 aromatic heterocycles. The van der Waals surface area contributed by atoms with E-state index >= 15 is 0 Å². The van der Waals surface area contributed by atoms with Crippen LogP contribution in [0, 0.1) is 0 Å². The minimum Gasteiger partial charge on any atom is -0.497 e. The largest absolute Gasteiger partial charge is 0.497 e. The summed E-state index contributed by atoms with van der Waals surface area (Å²) in [5.74, 6) is 2.54. The Morgan fingerprint density at radius 2 is 1.93 bits per heavy atom. The van der Waals surface area contributed by atoms with Gasteiger partial charge in [0.25, 0.3) is 0 Å². The molecule has 1 saturated heterocycles. The maximum Gasteiger partial charge on any atom is 0.220 e. The van der Waals surface area contributed by atoms with Gasteiger partial charge < -0.3 is 19.2 Å². The first-order chi connectivity index (χ1) is 13.3. The second kappa shape index (κ2) is 10.0. The van der Waals surface area contributed by atoms with Crippen molar-refractivity contribution in [2.24, 2.45) is 0 Å². The summed E-state index contributed by atoms with van der Waals surface area (Å²) >= 11 is 0. The number of hydrogen-bond donors (Lipinski definition) is 1. The molecule has 1 aromatic carbocycles. The number of benzene rings is 1. The van der Waals surface area contributed by atoms with Gasteiger partial charge in [0.05, 0.1) is 26.0 Å². The molecule has 1 aliphatic heterocycles. The molecular formula is C21H28N2O4. The Bertz CT molecular complexity index is 679. The summed E-state index contributed by atoms with van der Waals surface area (Å²) in [5.41, 5.74) is 0. The minimum atomic E-state index is 0.0454. The number of nitrogens with one attached hydrogen (secondary N) is 1. The van der Waals surface area contributed by atoms with Crippen molar-refractivity contribution < 1.29 is 18.7 Å². The smallest absolute Gasteiger partial charge is 0.220 e. The minimum absolute atomic E-state index is 0.0454. The average Bonchev–Trinajstić information content (AvgIpc) is 3.41. The number of nitrogens with zero attached hydrogens (tertiary/aromatic N) is 1. The normalized spacial score (nSPS) is 15.4. The zero-order valence-electron chi connectivity index (χ0n) is 15.9. The predicted molar refractivity (Wildman–Crippen MR) is 103 cm³/mol. The van der Waals surface area contributed by atoms with Crippen LogP contribution in [0.25, 0.3) is 0 Å². The van der Waals surface area contributed by atoms with E-state index in [-0.39, 0.29) is 11.9 Å². The van der Waals surface area contributed by atoms with Gasteiger partial charge in [-0.15, -0.1) is 0 Å². The van der Waals surface area contributed by atoms with E-state index < -0.39 is 0 Å². The molecule has 2 aromatic rings. The third kappa shape index (κ3) is 5.76. The highest BCUT2D eigenvalue weighted by Crippen LogP contribution is 2.25. The molecule has 1 aliphatic rings. The van der Waals surface area contributed by atoms with E-state index in [1.165, 1.54) is 12.8 Å². The summed E-state index contributed by atoms with van der Waals surface area (Å²) in [6.45, 7) is 3.19. The van der Waals surface area contributed by atoms with Crippen molar-refractivity contribution in [1.82, 2.24) is 10.2 Å². The molecule has 1 amide bonds. The monoisotopic (exact) mass is 372 g/mol. The summed E-state index contributed by atoms with van der Waals surface area (Å²) in [6, 6.07) is 11.4. The van der Waals surface area contributed by atoms with Crippen molar-refractivity contribution in [3.63, 3.8) is 0 Å². The van der Waals surface area contributed by atoms with Crippen LogP contribution >= 0.6 is 0 Å². The highest BCUT2D eigenvalue weighted by Gasteiger charge is 2.25. The second-order valence-corrected chi connectivity index (χ2v) is 6.71. The molecule has 6 nitrogen and oxygen atoms in total. The van der Waals surface area contributed by atoms with Gasteiger partial charge in [0.15, 0.2) is 0 Å². The first kappa shape index (κ1) is 19.3. The van der Waals surface area contributed by atoms with Crippen LogP contribution in [0.5, 0.6) is 11.5 Å². The van der Waals surface area contributed by atoms with Crippen LogP contribution in [0.4, 0.5) is 0 Å². The van der Waals surface area contributed by atoms with Crippen LogP contribution in [0.1, 0.15) is 37.5 Å². The summed E-state index contributed by atoms with van der Waals surface area (Å²) in [7, 11) is 1.63. The third-order valence-corrected chi connectivity index (χ3v) is 4.82. The van der Waals surface area contributed by atoms with E-state index in [1.54, 1.807) is 13.4 Å². The number of carbonyl (C=O) groups excluding carboxylic acids is 1. The number of rotatable bonds is 10. The number of hydrogen-bond acceptors (Lipinski definition) is 5. The zero-order valence-corrected chi connectivity index (χ0v) is 15.9. The molecule has 2 heterocycles. The number of likely N-dealkylation sites (tertiary alicyclic amines) is 1. The summed E-state index contributed by atoms with van der Waals surface area (Å²) in [6.07, 6.45) is 5.21. The van der Waals surface area contributed by atoms with Crippen LogP contribution in [-0.2, 0) is 4.79 Å². The Kier molecular flexibility index (Phi) is 7.16. The summed E-state index contributed by atoms with van der Waals surface area (Å²) in [5, 5.41) is 3.05. The Labute approximate surface area is 160 Å². The van der Waals surface area contributed by atoms with Crippen molar-refractivity contribution in [2.45, 2.75) is 31.7 Å². The molecule has 27 heavy (non-hydrogen) atoms. The lowest BCUT2D eigenvalue weighted by molar-refractivity contribution is -0.121. The zero-order chi connectivity index (χ0) is 18.9. The molecule has 0 spiro atoms. The molecule has 0 saturated carbocycles. The van der Waals surface area contributed by atoms with Gasteiger partial charge in [0.1, 0.15) is 17.3 Å². The van der Waals surface area contributed by atoms with Gasteiger partial charge in [-0.25, -0.2) is 0 Å². The molecule has 6 heteroatoms. The fourth-order valence-corrected chi connectivity index (χ4v) is 3.34. The van der Waals surface area contributed by atoms with E-state index in [4.69, 9.17) is 13.9 Å². The van der Waals surface area contributed by atoms with Crippen molar-refractivity contribution in [1.29, 1.82) is 0 Å². The molecule has 0 bridgehead atoms. The highest BCUT2D eigenvalue weighted by atomic mass is 16.5.